The van der Waals surface area contributed by atoms with Crippen molar-refractivity contribution in [3.8, 4) is 0 Å². The highest BCUT2D eigenvalue weighted by Crippen LogP contribution is 2.11. The van der Waals surface area contributed by atoms with E-state index in [4.69, 9.17) is 0 Å². The average Bonchev–Trinajstić information content (AvgIpc) is 2.82. The van der Waals surface area contributed by atoms with Crippen LogP contribution in [0.1, 0.15) is 54.9 Å². The van der Waals surface area contributed by atoms with E-state index in [9.17, 15) is 14.4 Å². The molecule has 0 aromatic heterocycles. The Bertz CT molecular complexity index is 645. The summed E-state index contributed by atoms with van der Waals surface area (Å²) in [4.78, 5) is 38.1. The Labute approximate surface area is 155 Å². The maximum Gasteiger partial charge on any atom is 0.251 e. The van der Waals surface area contributed by atoms with Crippen molar-refractivity contribution in [2.75, 3.05) is 19.6 Å². The van der Waals surface area contributed by atoms with Crippen LogP contribution in [-0.4, -0.2) is 48.3 Å². The van der Waals surface area contributed by atoms with Crippen LogP contribution in [-0.2, 0) is 9.59 Å². The van der Waals surface area contributed by atoms with Gasteiger partial charge in [-0.25, -0.2) is 0 Å². The summed E-state index contributed by atoms with van der Waals surface area (Å²) in [5.74, 6) is -0.257. The minimum absolute atomic E-state index is 0.215. The number of amides is 3. The van der Waals surface area contributed by atoms with Gasteiger partial charge in [0, 0.05) is 31.6 Å². The standard InChI is InChI=1S/C20H29N3O3/c1-15-8-6-9-17(14-15)20(26)22-16(2)19(25)21-11-7-13-23-12-5-3-4-10-18(23)24/h6,8-9,14,16H,3-5,7,10-13H2,1-2H3,(H,21,25)(H,22,26). The Balaban J connectivity index is 1.70. The van der Waals surface area contributed by atoms with Gasteiger partial charge in [0.1, 0.15) is 6.04 Å². The largest absolute Gasteiger partial charge is 0.354 e. The second kappa shape index (κ2) is 9.94. The van der Waals surface area contributed by atoms with Crippen LogP contribution in [0.5, 0.6) is 0 Å². The van der Waals surface area contributed by atoms with Crippen molar-refractivity contribution in [1.82, 2.24) is 15.5 Å². The second-order valence-corrected chi connectivity index (χ2v) is 6.90. The quantitative estimate of drug-likeness (QED) is 0.731. The number of aryl methyl sites for hydroxylation is 1. The van der Waals surface area contributed by atoms with Crippen molar-refractivity contribution in [1.29, 1.82) is 0 Å². The fourth-order valence-electron chi connectivity index (χ4n) is 3.04. The summed E-state index contributed by atoms with van der Waals surface area (Å²) >= 11 is 0. The minimum Gasteiger partial charge on any atom is -0.354 e. The molecule has 1 unspecified atom stereocenters. The predicted octanol–water partition coefficient (Wildman–Crippen LogP) is 2.02. The molecule has 2 N–H and O–H groups in total. The fourth-order valence-corrected chi connectivity index (χ4v) is 3.04. The van der Waals surface area contributed by atoms with E-state index in [0.717, 1.165) is 37.8 Å². The maximum absolute atomic E-state index is 12.2. The zero-order valence-electron chi connectivity index (χ0n) is 15.7. The molecule has 1 aliphatic heterocycles. The number of carbonyl (C=O) groups is 3. The molecule has 142 valence electrons. The molecular formula is C20H29N3O3. The van der Waals surface area contributed by atoms with Gasteiger partial charge in [-0.2, -0.15) is 0 Å². The van der Waals surface area contributed by atoms with E-state index in [-0.39, 0.29) is 17.7 Å². The van der Waals surface area contributed by atoms with Gasteiger partial charge in [-0.3, -0.25) is 14.4 Å². The van der Waals surface area contributed by atoms with E-state index in [1.165, 1.54) is 0 Å². The van der Waals surface area contributed by atoms with Crippen molar-refractivity contribution in [2.45, 2.75) is 52.0 Å². The summed E-state index contributed by atoms with van der Waals surface area (Å²) in [5, 5.41) is 5.54. The van der Waals surface area contributed by atoms with Crippen LogP contribution in [0.2, 0.25) is 0 Å². The maximum atomic E-state index is 12.2. The molecule has 1 fully saturated rings. The molecule has 0 saturated carbocycles. The van der Waals surface area contributed by atoms with Crippen LogP contribution in [0.4, 0.5) is 0 Å². The van der Waals surface area contributed by atoms with Gasteiger partial charge in [0.15, 0.2) is 0 Å². The fraction of sp³-hybridized carbons (Fsp3) is 0.550. The first-order valence-corrected chi connectivity index (χ1v) is 9.40. The molecule has 1 saturated heterocycles. The molecule has 0 radical (unpaired) electrons. The number of nitrogens with zero attached hydrogens (tertiary/aromatic N) is 1. The number of benzene rings is 1. The highest BCUT2D eigenvalue weighted by molar-refractivity contribution is 5.97. The lowest BCUT2D eigenvalue weighted by Gasteiger charge is -2.20. The van der Waals surface area contributed by atoms with Gasteiger partial charge in [0.05, 0.1) is 0 Å². The van der Waals surface area contributed by atoms with Gasteiger partial charge in [-0.15, -0.1) is 0 Å². The van der Waals surface area contributed by atoms with Crippen molar-refractivity contribution < 1.29 is 14.4 Å². The number of likely N-dealkylation sites (tertiary alicyclic amines) is 1. The Morgan fingerprint density at radius 3 is 2.81 bits per heavy atom. The Morgan fingerprint density at radius 2 is 2.04 bits per heavy atom. The molecule has 0 spiro atoms. The molecule has 1 heterocycles. The first-order chi connectivity index (χ1) is 12.5. The lowest BCUT2D eigenvalue weighted by molar-refractivity contribution is -0.130. The number of carbonyl (C=O) groups excluding carboxylic acids is 3. The highest BCUT2D eigenvalue weighted by Gasteiger charge is 2.18. The Kier molecular flexibility index (Phi) is 7.63. The van der Waals surface area contributed by atoms with Gasteiger partial charge in [0.2, 0.25) is 11.8 Å². The molecule has 1 atom stereocenters. The molecule has 2 rings (SSSR count). The lowest BCUT2D eigenvalue weighted by Crippen LogP contribution is -2.45. The molecule has 6 nitrogen and oxygen atoms in total. The van der Waals surface area contributed by atoms with E-state index in [2.05, 4.69) is 10.6 Å². The topological polar surface area (TPSA) is 78.5 Å². The first-order valence-electron chi connectivity index (χ1n) is 9.40. The van der Waals surface area contributed by atoms with Crippen molar-refractivity contribution in [3.05, 3.63) is 35.4 Å². The van der Waals surface area contributed by atoms with Gasteiger partial charge in [-0.1, -0.05) is 24.1 Å². The Hall–Kier alpha value is -2.37. The van der Waals surface area contributed by atoms with Gasteiger partial charge >= 0.3 is 0 Å². The van der Waals surface area contributed by atoms with Gasteiger partial charge < -0.3 is 15.5 Å². The predicted molar refractivity (Wildman–Crippen MR) is 101 cm³/mol. The molecule has 1 aromatic carbocycles. The third-order valence-corrected chi connectivity index (χ3v) is 4.60. The van der Waals surface area contributed by atoms with Gasteiger partial charge in [0.25, 0.3) is 5.91 Å². The van der Waals surface area contributed by atoms with Crippen molar-refractivity contribution in [3.63, 3.8) is 0 Å². The summed E-state index contributed by atoms with van der Waals surface area (Å²) < 4.78 is 0. The smallest absolute Gasteiger partial charge is 0.251 e. The number of rotatable bonds is 7. The van der Waals surface area contributed by atoms with Crippen LogP contribution in [0.3, 0.4) is 0 Å². The summed E-state index contributed by atoms with van der Waals surface area (Å²) in [7, 11) is 0. The third kappa shape index (κ3) is 6.17. The van der Waals surface area contributed by atoms with Crippen LogP contribution < -0.4 is 10.6 Å². The van der Waals surface area contributed by atoms with E-state index in [1.807, 2.05) is 24.0 Å². The molecule has 3 amide bonds. The molecular weight excluding hydrogens is 330 g/mol. The summed E-state index contributed by atoms with van der Waals surface area (Å²) in [5.41, 5.74) is 1.54. The second-order valence-electron chi connectivity index (χ2n) is 6.90. The normalized spacial score (nSPS) is 15.9. The molecule has 0 aliphatic carbocycles. The van der Waals surface area contributed by atoms with Gasteiger partial charge in [-0.05, 0) is 45.2 Å². The Morgan fingerprint density at radius 1 is 1.23 bits per heavy atom. The molecule has 26 heavy (non-hydrogen) atoms. The molecule has 6 heteroatoms. The van der Waals surface area contributed by atoms with E-state index >= 15 is 0 Å². The molecule has 0 bridgehead atoms. The zero-order chi connectivity index (χ0) is 18.9. The van der Waals surface area contributed by atoms with Crippen LogP contribution in [0.15, 0.2) is 24.3 Å². The van der Waals surface area contributed by atoms with Crippen molar-refractivity contribution >= 4 is 17.7 Å². The monoisotopic (exact) mass is 359 g/mol. The number of hydrogen-bond acceptors (Lipinski definition) is 3. The zero-order valence-corrected chi connectivity index (χ0v) is 15.7. The summed E-state index contributed by atoms with van der Waals surface area (Å²) in [6.45, 7) is 5.56. The average molecular weight is 359 g/mol. The first kappa shape index (κ1) is 19.9. The molecule has 1 aliphatic rings. The molecule has 1 aromatic rings. The summed E-state index contributed by atoms with van der Waals surface area (Å²) in [6.07, 6.45) is 4.49. The number of hydrogen-bond donors (Lipinski definition) is 2. The lowest BCUT2D eigenvalue weighted by atomic mass is 10.1. The minimum atomic E-state index is -0.608. The van der Waals surface area contributed by atoms with Crippen LogP contribution >= 0.6 is 0 Å². The number of nitrogens with one attached hydrogen (secondary N) is 2. The van der Waals surface area contributed by atoms with Crippen LogP contribution in [0.25, 0.3) is 0 Å². The summed E-state index contributed by atoms with van der Waals surface area (Å²) in [6, 6.07) is 6.65. The SMILES string of the molecule is Cc1cccc(C(=O)NC(C)C(=O)NCCCN2CCCCCC2=O)c1. The van der Waals surface area contributed by atoms with E-state index in [0.29, 0.717) is 25.1 Å². The van der Waals surface area contributed by atoms with E-state index in [1.54, 1.807) is 19.1 Å². The van der Waals surface area contributed by atoms with Crippen LogP contribution in [0, 0.1) is 6.92 Å². The van der Waals surface area contributed by atoms with Crippen molar-refractivity contribution in [2.24, 2.45) is 0 Å². The van der Waals surface area contributed by atoms with E-state index < -0.39 is 6.04 Å². The highest BCUT2D eigenvalue weighted by atomic mass is 16.2. The third-order valence-electron chi connectivity index (χ3n) is 4.60.